The Morgan fingerprint density at radius 2 is 1.95 bits per heavy atom. The zero-order chi connectivity index (χ0) is 14.8. The van der Waals surface area contributed by atoms with E-state index in [0.717, 1.165) is 25.9 Å². The maximum atomic E-state index is 4.97. The van der Waals surface area contributed by atoms with Gasteiger partial charge in [-0.3, -0.25) is 0 Å². The van der Waals surface area contributed by atoms with E-state index in [0.29, 0.717) is 12.0 Å². The SMILES string of the molecule is CC(C)Cc1nc2c(n1C(C)CN1CCCC1)CCNC2. The molecule has 1 N–H and O–H groups in total. The van der Waals surface area contributed by atoms with Crippen LogP contribution >= 0.6 is 0 Å². The van der Waals surface area contributed by atoms with Gasteiger partial charge < -0.3 is 14.8 Å². The summed E-state index contributed by atoms with van der Waals surface area (Å²) in [5.41, 5.74) is 2.79. The van der Waals surface area contributed by atoms with Gasteiger partial charge in [0.15, 0.2) is 0 Å². The Hall–Kier alpha value is -0.870. The van der Waals surface area contributed by atoms with Crippen molar-refractivity contribution in [3.05, 3.63) is 17.2 Å². The maximum Gasteiger partial charge on any atom is 0.109 e. The van der Waals surface area contributed by atoms with Crippen molar-refractivity contribution in [3.63, 3.8) is 0 Å². The highest BCUT2D eigenvalue weighted by molar-refractivity contribution is 5.21. The number of likely N-dealkylation sites (tertiary alicyclic amines) is 1. The van der Waals surface area contributed by atoms with Crippen LogP contribution in [0.5, 0.6) is 0 Å². The average Bonchev–Trinajstić information content (AvgIpc) is 3.04. The maximum absolute atomic E-state index is 4.97. The van der Waals surface area contributed by atoms with Gasteiger partial charge in [-0.1, -0.05) is 13.8 Å². The summed E-state index contributed by atoms with van der Waals surface area (Å²) >= 11 is 0. The fourth-order valence-corrected chi connectivity index (χ4v) is 3.84. The van der Waals surface area contributed by atoms with Crippen LogP contribution in [0.4, 0.5) is 0 Å². The predicted molar refractivity (Wildman–Crippen MR) is 86.6 cm³/mol. The van der Waals surface area contributed by atoms with Crippen LogP contribution in [-0.4, -0.2) is 40.6 Å². The Kier molecular flexibility index (Phi) is 4.65. The third-order valence-electron chi connectivity index (χ3n) is 4.75. The Morgan fingerprint density at radius 3 is 2.67 bits per heavy atom. The Bertz CT molecular complexity index is 471. The molecule has 4 heteroatoms. The minimum absolute atomic E-state index is 0.547. The molecule has 1 atom stereocenters. The van der Waals surface area contributed by atoms with Crippen LogP contribution in [0.15, 0.2) is 0 Å². The van der Waals surface area contributed by atoms with Crippen molar-refractivity contribution in [1.29, 1.82) is 0 Å². The second kappa shape index (κ2) is 6.49. The van der Waals surface area contributed by atoms with E-state index in [4.69, 9.17) is 4.98 Å². The zero-order valence-corrected chi connectivity index (χ0v) is 13.9. The molecular weight excluding hydrogens is 260 g/mol. The first-order chi connectivity index (χ1) is 10.1. The highest BCUT2D eigenvalue weighted by Gasteiger charge is 2.24. The van der Waals surface area contributed by atoms with Crippen molar-refractivity contribution in [3.8, 4) is 0 Å². The van der Waals surface area contributed by atoms with Gasteiger partial charge in [-0.25, -0.2) is 4.98 Å². The first kappa shape index (κ1) is 15.0. The Morgan fingerprint density at radius 1 is 1.19 bits per heavy atom. The van der Waals surface area contributed by atoms with Crippen molar-refractivity contribution in [2.45, 2.75) is 59.0 Å². The van der Waals surface area contributed by atoms with Gasteiger partial charge in [-0.15, -0.1) is 0 Å². The number of fused-ring (bicyclic) bond motifs is 1. The van der Waals surface area contributed by atoms with Crippen LogP contribution < -0.4 is 5.32 Å². The van der Waals surface area contributed by atoms with Gasteiger partial charge in [0.05, 0.1) is 5.69 Å². The summed E-state index contributed by atoms with van der Waals surface area (Å²) in [5, 5.41) is 3.46. The molecule has 0 saturated carbocycles. The fourth-order valence-electron chi connectivity index (χ4n) is 3.84. The van der Waals surface area contributed by atoms with E-state index < -0.39 is 0 Å². The molecule has 3 rings (SSSR count). The largest absolute Gasteiger partial charge is 0.328 e. The molecule has 0 amide bonds. The highest BCUT2D eigenvalue weighted by atomic mass is 15.2. The van der Waals surface area contributed by atoms with Crippen LogP contribution in [0.25, 0.3) is 0 Å². The summed E-state index contributed by atoms with van der Waals surface area (Å²) in [4.78, 5) is 7.59. The lowest BCUT2D eigenvalue weighted by atomic mass is 10.1. The lowest BCUT2D eigenvalue weighted by molar-refractivity contribution is 0.280. The number of hydrogen-bond acceptors (Lipinski definition) is 3. The summed E-state index contributed by atoms with van der Waals surface area (Å²) in [5.74, 6) is 1.98. The van der Waals surface area contributed by atoms with E-state index in [1.165, 1.54) is 49.7 Å². The van der Waals surface area contributed by atoms with Crippen LogP contribution in [0, 0.1) is 5.92 Å². The lowest BCUT2D eigenvalue weighted by Gasteiger charge is -2.26. The summed E-state index contributed by atoms with van der Waals surface area (Å²) < 4.78 is 2.58. The molecule has 0 aliphatic carbocycles. The van der Waals surface area contributed by atoms with Gasteiger partial charge >= 0.3 is 0 Å². The van der Waals surface area contributed by atoms with Gasteiger partial charge in [0.1, 0.15) is 5.82 Å². The topological polar surface area (TPSA) is 33.1 Å². The molecule has 2 aliphatic heterocycles. The molecule has 1 fully saturated rings. The Labute approximate surface area is 128 Å². The molecule has 3 heterocycles. The molecule has 1 aromatic heterocycles. The van der Waals surface area contributed by atoms with E-state index in [9.17, 15) is 0 Å². The van der Waals surface area contributed by atoms with Crippen molar-refractivity contribution in [2.75, 3.05) is 26.2 Å². The standard InChI is InChI=1S/C17H30N4/c1-13(2)10-17-19-15-11-18-7-6-16(15)21(17)14(3)12-20-8-4-5-9-20/h13-14,18H,4-12H2,1-3H3. The second-order valence-electron chi connectivity index (χ2n) is 7.17. The average molecular weight is 290 g/mol. The molecule has 0 radical (unpaired) electrons. The fraction of sp³-hybridized carbons (Fsp3) is 0.824. The molecule has 118 valence electrons. The summed E-state index contributed by atoms with van der Waals surface area (Å²) in [6, 6.07) is 0.547. The van der Waals surface area contributed by atoms with Crippen LogP contribution in [0.3, 0.4) is 0 Å². The Balaban J connectivity index is 1.84. The van der Waals surface area contributed by atoms with Crippen molar-refractivity contribution in [2.24, 2.45) is 5.92 Å². The van der Waals surface area contributed by atoms with E-state index in [2.05, 4.69) is 35.6 Å². The van der Waals surface area contributed by atoms with Gasteiger partial charge in [0.2, 0.25) is 0 Å². The molecule has 0 aromatic carbocycles. The minimum Gasteiger partial charge on any atom is -0.328 e. The monoisotopic (exact) mass is 290 g/mol. The van der Waals surface area contributed by atoms with Gasteiger partial charge in [0, 0.05) is 44.2 Å². The molecule has 2 aliphatic rings. The third kappa shape index (κ3) is 3.32. The normalized spacial score (nSPS) is 21.0. The van der Waals surface area contributed by atoms with Crippen LogP contribution in [-0.2, 0) is 19.4 Å². The molecule has 1 aromatic rings. The minimum atomic E-state index is 0.547. The van der Waals surface area contributed by atoms with Gasteiger partial charge in [-0.2, -0.15) is 0 Å². The smallest absolute Gasteiger partial charge is 0.109 e. The number of hydrogen-bond donors (Lipinski definition) is 1. The predicted octanol–water partition coefficient (Wildman–Crippen LogP) is 2.38. The first-order valence-electron chi connectivity index (χ1n) is 8.67. The van der Waals surface area contributed by atoms with Crippen molar-refractivity contribution in [1.82, 2.24) is 19.8 Å². The van der Waals surface area contributed by atoms with Gasteiger partial charge in [0.25, 0.3) is 0 Å². The number of rotatable bonds is 5. The molecule has 4 nitrogen and oxygen atoms in total. The van der Waals surface area contributed by atoms with Crippen LogP contribution in [0.2, 0.25) is 0 Å². The van der Waals surface area contributed by atoms with E-state index in [1.54, 1.807) is 0 Å². The number of imidazole rings is 1. The summed E-state index contributed by atoms with van der Waals surface area (Å²) in [6.07, 6.45) is 4.97. The first-order valence-corrected chi connectivity index (χ1v) is 8.67. The number of nitrogens with zero attached hydrogens (tertiary/aromatic N) is 3. The summed E-state index contributed by atoms with van der Waals surface area (Å²) in [6.45, 7) is 12.8. The van der Waals surface area contributed by atoms with Crippen LogP contribution in [0.1, 0.15) is 56.9 Å². The van der Waals surface area contributed by atoms with Crippen molar-refractivity contribution >= 4 is 0 Å². The quantitative estimate of drug-likeness (QED) is 0.904. The van der Waals surface area contributed by atoms with Crippen molar-refractivity contribution < 1.29 is 0 Å². The van der Waals surface area contributed by atoms with E-state index in [1.807, 2.05) is 0 Å². The molecule has 1 saturated heterocycles. The lowest BCUT2D eigenvalue weighted by Crippen LogP contribution is -2.31. The zero-order valence-electron chi connectivity index (χ0n) is 13.9. The second-order valence-corrected chi connectivity index (χ2v) is 7.17. The van der Waals surface area contributed by atoms with E-state index in [-0.39, 0.29) is 0 Å². The van der Waals surface area contributed by atoms with E-state index >= 15 is 0 Å². The third-order valence-corrected chi connectivity index (χ3v) is 4.75. The molecule has 1 unspecified atom stereocenters. The molecule has 0 bridgehead atoms. The molecular formula is C17H30N4. The van der Waals surface area contributed by atoms with Gasteiger partial charge in [-0.05, 0) is 38.8 Å². The molecule has 21 heavy (non-hydrogen) atoms. The summed E-state index contributed by atoms with van der Waals surface area (Å²) in [7, 11) is 0. The molecule has 0 spiro atoms. The number of aromatic nitrogens is 2. The highest BCUT2D eigenvalue weighted by Crippen LogP contribution is 2.24. The number of nitrogens with one attached hydrogen (secondary N) is 1.